The molecule has 0 bridgehead atoms. The Morgan fingerprint density at radius 1 is 1.08 bits per heavy atom. The zero-order valence-corrected chi connectivity index (χ0v) is 16.3. The predicted molar refractivity (Wildman–Crippen MR) is 99.8 cm³/mol. The second-order valence-electron chi connectivity index (χ2n) is 7.22. The summed E-state index contributed by atoms with van der Waals surface area (Å²) in [5.41, 5.74) is 1.97. The highest BCUT2D eigenvalue weighted by molar-refractivity contribution is 9.10. The van der Waals surface area contributed by atoms with Crippen LogP contribution in [-0.4, -0.2) is 16.7 Å². The Morgan fingerprint density at radius 3 is 2.42 bits per heavy atom. The monoisotopic (exact) mass is 390 g/mol. The van der Waals surface area contributed by atoms with Gasteiger partial charge in [0, 0.05) is 22.4 Å². The van der Waals surface area contributed by atoms with Gasteiger partial charge in [-0.1, -0.05) is 18.2 Å². The fraction of sp³-hybridized carbons (Fsp3) is 0.368. The summed E-state index contributed by atoms with van der Waals surface area (Å²) in [4.78, 5) is 16.3. The number of amides is 1. The summed E-state index contributed by atoms with van der Waals surface area (Å²) in [6.45, 7) is 9.45. The average molecular weight is 391 g/mol. The number of nitrogens with zero attached hydrogens (tertiary/aromatic N) is 1. The van der Waals surface area contributed by atoms with Gasteiger partial charge in [-0.05, 0) is 73.8 Å². The highest BCUT2D eigenvalue weighted by atomic mass is 79.9. The molecule has 0 radical (unpaired) electrons. The largest absolute Gasteiger partial charge is 0.444 e. The molecule has 0 atom stereocenters. The minimum absolute atomic E-state index is 0.429. The van der Waals surface area contributed by atoms with Gasteiger partial charge >= 0.3 is 6.09 Å². The molecule has 1 amide bonds. The van der Waals surface area contributed by atoms with Crippen molar-refractivity contribution in [2.45, 2.75) is 45.8 Å². The summed E-state index contributed by atoms with van der Waals surface area (Å²) < 4.78 is 6.29. The minimum Gasteiger partial charge on any atom is -0.444 e. The fourth-order valence-corrected chi connectivity index (χ4v) is 2.65. The molecular weight excluding hydrogens is 368 g/mol. The van der Waals surface area contributed by atoms with Gasteiger partial charge in [-0.15, -0.1) is 0 Å². The number of rotatable bonds is 3. The lowest BCUT2D eigenvalue weighted by Crippen LogP contribution is -2.43. The number of pyridine rings is 1. The second kappa shape index (κ2) is 6.93. The maximum absolute atomic E-state index is 12.1. The Kier molecular flexibility index (Phi) is 5.33. The maximum Gasteiger partial charge on any atom is 0.408 e. The molecule has 5 heteroatoms. The summed E-state index contributed by atoms with van der Waals surface area (Å²) in [5, 5.41) is 2.93. The smallest absolute Gasteiger partial charge is 0.408 e. The number of benzene rings is 1. The number of carbonyl (C=O) groups excluding carboxylic acids is 1. The maximum atomic E-state index is 12.1. The van der Waals surface area contributed by atoms with Crippen molar-refractivity contribution in [2.24, 2.45) is 0 Å². The number of alkyl carbamates (subject to hydrolysis) is 1. The van der Waals surface area contributed by atoms with Gasteiger partial charge in [0.1, 0.15) is 5.60 Å². The Hall–Kier alpha value is -1.88. The summed E-state index contributed by atoms with van der Waals surface area (Å²) in [6, 6.07) is 10.1. The number of carbonyl (C=O) groups is 1. The predicted octanol–water partition coefficient (Wildman–Crippen LogP) is 5.27. The van der Waals surface area contributed by atoms with Crippen LogP contribution in [0.3, 0.4) is 0 Å². The molecule has 24 heavy (non-hydrogen) atoms. The average Bonchev–Trinajstić information content (AvgIpc) is 2.44. The van der Waals surface area contributed by atoms with E-state index >= 15 is 0 Å². The van der Waals surface area contributed by atoms with E-state index in [1.165, 1.54) is 0 Å². The molecule has 0 aliphatic carbocycles. The van der Waals surface area contributed by atoms with Gasteiger partial charge in [-0.25, -0.2) is 4.79 Å². The molecule has 2 rings (SSSR count). The third-order valence-electron chi connectivity index (χ3n) is 3.44. The number of hydrogen-bond acceptors (Lipinski definition) is 3. The van der Waals surface area contributed by atoms with Crippen LogP contribution in [-0.2, 0) is 10.3 Å². The van der Waals surface area contributed by atoms with Crippen LogP contribution >= 0.6 is 15.9 Å². The van der Waals surface area contributed by atoms with E-state index in [4.69, 9.17) is 4.74 Å². The van der Waals surface area contributed by atoms with Crippen LogP contribution in [0, 0.1) is 0 Å². The van der Waals surface area contributed by atoms with Crippen LogP contribution in [0.4, 0.5) is 4.79 Å². The Balaban J connectivity index is 2.25. The van der Waals surface area contributed by atoms with Crippen molar-refractivity contribution in [3.63, 3.8) is 0 Å². The third kappa shape index (κ3) is 5.06. The van der Waals surface area contributed by atoms with Gasteiger partial charge in [0.2, 0.25) is 0 Å². The molecule has 128 valence electrons. The lowest BCUT2D eigenvalue weighted by Gasteiger charge is -2.29. The van der Waals surface area contributed by atoms with E-state index in [0.717, 1.165) is 21.2 Å². The van der Waals surface area contributed by atoms with Gasteiger partial charge in [-0.2, -0.15) is 0 Å². The SMILES string of the molecule is CC(C)(C)OC(=O)NC(C)(C)c1cccc(-c2cncc(Br)c2)c1. The van der Waals surface area contributed by atoms with Gasteiger partial charge in [0.15, 0.2) is 0 Å². The van der Waals surface area contributed by atoms with Gasteiger partial charge in [0.25, 0.3) is 0 Å². The first-order valence-corrected chi connectivity index (χ1v) is 8.59. The lowest BCUT2D eigenvalue weighted by atomic mass is 9.92. The van der Waals surface area contributed by atoms with Crippen LogP contribution in [0.1, 0.15) is 40.2 Å². The molecule has 1 aromatic heterocycles. The summed E-state index contributed by atoms with van der Waals surface area (Å²) >= 11 is 3.44. The number of aromatic nitrogens is 1. The normalized spacial score (nSPS) is 11.9. The topological polar surface area (TPSA) is 51.2 Å². The highest BCUT2D eigenvalue weighted by Gasteiger charge is 2.26. The van der Waals surface area contributed by atoms with Crippen LogP contribution in [0.2, 0.25) is 0 Å². The van der Waals surface area contributed by atoms with Gasteiger partial charge in [-0.3, -0.25) is 4.98 Å². The Labute approximate surface area is 151 Å². The molecule has 4 nitrogen and oxygen atoms in total. The van der Waals surface area contributed by atoms with Crippen LogP contribution < -0.4 is 5.32 Å². The van der Waals surface area contributed by atoms with E-state index in [1.807, 2.05) is 65.1 Å². The molecule has 0 aliphatic heterocycles. The fourth-order valence-electron chi connectivity index (χ4n) is 2.29. The Bertz CT molecular complexity index is 736. The first-order chi connectivity index (χ1) is 11.1. The van der Waals surface area contributed by atoms with Crippen LogP contribution in [0.15, 0.2) is 47.2 Å². The van der Waals surface area contributed by atoms with Crippen LogP contribution in [0.25, 0.3) is 11.1 Å². The molecule has 0 unspecified atom stereocenters. The molecule has 1 aromatic carbocycles. The van der Waals surface area contributed by atoms with Crippen molar-refractivity contribution in [2.75, 3.05) is 0 Å². The van der Waals surface area contributed by atoms with E-state index in [0.29, 0.717) is 0 Å². The van der Waals surface area contributed by atoms with Crippen LogP contribution in [0.5, 0.6) is 0 Å². The standard InChI is InChI=1S/C19H23BrN2O2/c1-18(2,3)24-17(23)22-19(4,5)15-8-6-7-13(9-15)14-10-16(20)12-21-11-14/h6-12H,1-5H3,(H,22,23). The van der Waals surface area contributed by atoms with Gasteiger partial charge < -0.3 is 10.1 Å². The molecule has 1 heterocycles. The second-order valence-corrected chi connectivity index (χ2v) is 8.14. The summed E-state index contributed by atoms with van der Waals surface area (Å²) in [7, 11) is 0. The molecule has 0 saturated heterocycles. The lowest BCUT2D eigenvalue weighted by molar-refractivity contribution is 0.0470. The van der Waals surface area contributed by atoms with E-state index in [9.17, 15) is 4.79 Å². The quantitative estimate of drug-likeness (QED) is 0.776. The number of ether oxygens (including phenoxy) is 1. The van der Waals surface area contributed by atoms with Crippen molar-refractivity contribution < 1.29 is 9.53 Å². The molecule has 0 fully saturated rings. The van der Waals surface area contributed by atoms with E-state index in [1.54, 1.807) is 6.20 Å². The Morgan fingerprint density at radius 2 is 1.79 bits per heavy atom. The molecule has 0 aliphatic rings. The molecular formula is C19H23BrN2O2. The van der Waals surface area contributed by atoms with E-state index in [-0.39, 0.29) is 0 Å². The number of nitrogens with one attached hydrogen (secondary N) is 1. The zero-order valence-electron chi connectivity index (χ0n) is 14.7. The minimum atomic E-state index is -0.558. The first-order valence-electron chi connectivity index (χ1n) is 7.79. The molecule has 0 spiro atoms. The number of halogens is 1. The molecule has 1 N–H and O–H groups in total. The van der Waals surface area contributed by atoms with E-state index in [2.05, 4.69) is 32.3 Å². The number of hydrogen-bond donors (Lipinski definition) is 1. The zero-order chi connectivity index (χ0) is 18.0. The van der Waals surface area contributed by atoms with E-state index < -0.39 is 17.2 Å². The van der Waals surface area contributed by atoms with Crippen molar-refractivity contribution in [1.29, 1.82) is 0 Å². The molecule has 0 saturated carbocycles. The van der Waals surface area contributed by atoms with Crippen molar-refractivity contribution >= 4 is 22.0 Å². The van der Waals surface area contributed by atoms with Gasteiger partial charge in [0.05, 0.1) is 5.54 Å². The third-order valence-corrected chi connectivity index (χ3v) is 3.87. The van der Waals surface area contributed by atoms with Crippen molar-refractivity contribution in [1.82, 2.24) is 10.3 Å². The summed E-state index contributed by atoms with van der Waals surface area (Å²) in [6.07, 6.45) is 3.14. The highest BCUT2D eigenvalue weighted by Crippen LogP contribution is 2.27. The summed E-state index contributed by atoms with van der Waals surface area (Å²) in [5.74, 6) is 0. The molecule has 2 aromatic rings. The van der Waals surface area contributed by atoms with Crippen molar-refractivity contribution in [3.05, 3.63) is 52.8 Å². The van der Waals surface area contributed by atoms with Crippen molar-refractivity contribution in [3.8, 4) is 11.1 Å². The first kappa shape index (κ1) is 18.5.